The highest BCUT2D eigenvalue weighted by Gasteiger charge is 2.83. The number of halogens is 8. The number of fused-ring (bicyclic) bond motifs is 1. The fourth-order valence-electron chi connectivity index (χ4n) is 3.23. The summed E-state index contributed by atoms with van der Waals surface area (Å²) in [6, 6.07) is 1.35. The molecule has 2 saturated heterocycles. The van der Waals surface area contributed by atoms with E-state index < -0.39 is 35.2 Å². The Kier molecular flexibility index (Phi) is 4.52. The van der Waals surface area contributed by atoms with Crippen molar-refractivity contribution in [3.63, 3.8) is 0 Å². The van der Waals surface area contributed by atoms with Crippen molar-refractivity contribution in [1.82, 2.24) is 4.98 Å². The summed E-state index contributed by atoms with van der Waals surface area (Å²) in [7, 11) is 0. The zero-order chi connectivity index (χ0) is 19.5. The molecule has 0 spiro atoms. The number of quaternary nitrogens is 1. The molecule has 3 nitrogen and oxygen atoms in total. The molecular weight excluding hydrogens is 413 g/mol. The van der Waals surface area contributed by atoms with E-state index in [0.29, 0.717) is 11.3 Å². The standard InChI is InChI=1S/C14H11ClF7N2OS/c15-8-2-1-7(5-23-8)6-24-3-4-26-11(24)9(24)10(25)12(16,17)13(18,19)14(20,21)22/h1-2,5,9,11H,3-4,6H2/q+1. The van der Waals surface area contributed by atoms with Gasteiger partial charge >= 0.3 is 18.0 Å². The van der Waals surface area contributed by atoms with Crippen LogP contribution in [0.3, 0.4) is 0 Å². The lowest BCUT2D eigenvalue weighted by Gasteiger charge is -2.27. The first-order valence-corrected chi connectivity index (χ1v) is 8.72. The largest absolute Gasteiger partial charge is 0.460 e. The van der Waals surface area contributed by atoms with Crippen molar-refractivity contribution >= 4 is 29.1 Å². The molecule has 0 amide bonds. The molecule has 3 rings (SSSR count). The van der Waals surface area contributed by atoms with Crippen LogP contribution < -0.4 is 0 Å². The molecule has 2 aliphatic rings. The van der Waals surface area contributed by atoms with E-state index in [-0.39, 0.29) is 22.7 Å². The third-order valence-corrected chi connectivity index (χ3v) is 6.29. The summed E-state index contributed by atoms with van der Waals surface area (Å²) in [5.74, 6) is -14.1. The highest BCUT2D eigenvalue weighted by atomic mass is 35.5. The van der Waals surface area contributed by atoms with Crippen LogP contribution in [0.2, 0.25) is 5.15 Å². The normalized spacial score (nSPS) is 28.8. The lowest BCUT2D eigenvalue weighted by atomic mass is 10.0. The van der Waals surface area contributed by atoms with Crippen molar-refractivity contribution in [2.45, 2.75) is 36.0 Å². The van der Waals surface area contributed by atoms with Crippen molar-refractivity contribution in [2.24, 2.45) is 0 Å². The minimum atomic E-state index is -6.52. The van der Waals surface area contributed by atoms with E-state index in [4.69, 9.17) is 11.6 Å². The number of pyridine rings is 1. The van der Waals surface area contributed by atoms with Gasteiger partial charge in [-0.05, 0) is 12.1 Å². The van der Waals surface area contributed by atoms with Gasteiger partial charge in [0.2, 0.25) is 6.04 Å². The van der Waals surface area contributed by atoms with E-state index >= 15 is 0 Å². The lowest BCUT2D eigenvalue weighted by molar-refractivity contribution is -0.822. The van der Waals surface area contributed by atoms with Gasteiger partial charge in [0.05, 0.1) is 6.54 Å². The van der Waals surface area contributed by atoms with E-state index in [0.717, 1.165) is 11.8 Å². The Morgan fingerprint density at radius 2 is 1.88 bits per heavy atom. The molecule has 0 N–H and O–H groups in total. The van der Waals surface area contributed by atoms with E-state index in [1.165, 1.54) is 18.3 Å². The highest BCUT2D eigenvalue weighted by molar-refractivity contribution is 8.00. The third kappa shape index (κ3) is 2.78. The lowest BCUT2D eigenvalue weighted by Crippen LogP contribution is -2.58. The third-order valence-electron chi connectivity index (χ3n) is 4.63. The second-order valence-corrected chi connectivity index (χ2v) is 7.80. The van der Waals surface area contributed by atoms with Crippen LogP contribution in [-0.2, 0) is 11.3 Å². The first-order valence-electron chi connectivity index (χ1n) is 7.30. The average Bonchev–Trinajstić information content (AvgIpc) is 2.93. The number of Topliss-reactive ketones (excluding diaryl/α,β-unsaturated/α-hetero) is 1. The van der Waals surface area contributed by atoms with E-state index in [2.05, 4.69) is 4.98 Å². The van der Waals surface area contributed by atoms with Gasteiger partial charge in [0, 0.05) is 17.5 Å². The van der Waals surface area contributed by atoms with Gasteiger partial charge in [-0.25, -0.2) is 4.98 Å². The first kappa shape index (κ1) is 19.7. The number of hydrogen-bond acceptors (Lipinski definition) is 3. The van der Waals surface area contributed by atoms with Gasteiger partial charge in [-0.2, -0.15) is 30.7 Å². The molecule has 3 heterocycles. The predicted molar refractivity (Wildman–Crippen MR) is 79.1 cm³/mol. The number of ketones is 1. The minimum Gasteiger partial charge on any atom is -0.288 e. The Labute approximate surface area is 152 Å². The van der Waals surface area contributed by atoms with Crippen molar-refractivity contribution in [3.05, 3.63) is 29.0 Å². The van der Waals surface area contributed by atoms with Crippen molar-refractivity contribution in [1.29, 1.82) is 0 Å². The summed E-state index contributed by atoms with van der Waals surface area (Å²) in [6.45, 7) is 0.230. The van der Waals surface area contributed by atoms with Gasteiger partial charge in [-0.15, -0.1) is 0 Å². The van der Waals surface area contributed by atoms with E-state index in [1.54, 1.807) is 0 Å². The van der Waals surface area contributed by atoms with Crippen LogP contribution in [0.4, 0.5) is 30.7 Å². The van der Waals surface area contributed by atoms with E-state index in [1.807, 2.05) is 0 Å². The number of carbonyl (C=O) groups is 1. The van der Waals surface area contributed by atoms with Gasteiger partial charge in [-0.3, -0.25) is 9.28 Å². The Balaban J connectivity index is 1.85. The monoisotopic (exact) mass is 423 g/mol. The number of aromatic nitrogens is 1. The summed E-state index contributed by atoms with van der Waals surface area (Å²) < 4.78 is 90.6. The molecule has 0 aromatic carbocycles. The molecule has 3 unspecified atom stereocenters. The smallest absolute Gasteiger partial charge is 0.288 e. The molecule has 0 aliphatic carbocycles. The van der Waals surface area contributed by atoms with Crippen LogP contribution in [0.1, 0.15) is 5.56 Å². The maximum atomic E-state index is 13.8. The first-order chi connectivity index (χ1) is 11.8. The number of rotatable bonds is 5. The summed E-state index contributed by atoms with van der Waals surface area (Å²) in [5, 5.41) is -0.594. The molecule has 1 aromatic heterocycles. The van der Waals surface area contributed by atoms with Crippen molar-refractivity contribution in [3.8, 4) is 0 Å². The van der Waals surface area contributed by atoms with Crippen LogP contribution in [0.5, 0.6) is 0 Å². The summed E-state index contributed by atoms with van der Waals surface area (Å²) in [5.41, 5.74) is 0.517. The van der Waals surface area contributed by atoms with Crippen LogP contribution >= 0.6 is 23.4 Å². The number of alkyl halides is 7. The molecule has 1 aromatic rings. The molecule has 0 radical (unpaired) electrons. The van der Waals surface area contributed by atoms with Gasteiger partial charge < -0.3 is 0 Å². The fraction of sp³-hybridized carbons (Fsp3) is 0.571. The predicted octanol–water partition coefficient (Wildman–Crippen LogP) is 3.91. The van der Waals surface area contributed by atoms with Crippen molar-refractivity contribution < 1.29 is 40.0 Å². The van der Waals surface area contributed by atoms with Gasteiger partial charge in [-0.1, -0.05) is 23.4 Å². The maximum absolute atomic E-state index is 13.8. The topological polar surface area (TPSA) is 30.0 Å². The van der Waals surface area contributed by atoms with Crippen LogP contribution in [0, 0.1) is 0 Å². The molecule has 144 valence electrons. The Morgan fingerprint density at radius 1 is 1.23 bits per heavy atom. The molecule has 2 aliphatic heterocycles. The summed E-state index contributed by atoms with van der Waals surface area (Å²) in [4.78, 5) is 15.8. The molecular formula is C14H11ClF7N2OS+. The minimum absolute atomic E-state index is 0.0198. The second-order valence-electron chi connectivity index (χ2n) is 6.19. The van der Waals surface area contributed by atoms with Gasteiger partial charge in [0.15, 0.2) is 5.37 Å². The summed E-state index contributed by atoms with van der Waals surface area (Å²) in [6.07, 6.45) is -5.18. The zero-order valence-corrected chi connectivity index (χ0v) is 14.3. The second kappa shape index (κ2) is 5.96. The molecule has 3 atom stereocenters. The maximum Gasteiger partial charge on any atom is 0.460 e. The highest BCUT2D eigenvalue weighted by Crippen LogP contribution is 2.57. The van der Waals surface area contributed by atoms with Gasteiger partial charge in [0.25, 0.3) is 5.78 Å². The molecule has 12 heteroatoms. The SMILES string of the molecule is O=C(C1C2SCC[N+]21Cc1ccc(Cl)nc1)C(F)(F)C(F)(F)C(F)(F)F. The molecule has 0 bridgehead atoms. The number of nitrogens with zero attached hydrogens (tertiary/aromatic N) is 2. The molecule has 2 fully saturated rings. The number of thioether (sulfide) groups is 1. The number of hydrogen-bond donors (Lipinski definition) is 0. The fourth-order valence-corrected chi connectivity index (χ4v) is 5.12. The Bertz CT molecular complexity index is 727. The number of carbonyl (C=O) groups excluding carboxylic acids is 1. The van der Waals surface area contributed by atoms with Crippen molar-refractivity contribution in [2.75, 3.05) is 12.3 Å². The van der Waals surface area contributed by atoms with Crippen LogP contribution in [-0.4, -0.2) is 57.0 Å². The Morgan fingerprint density at radius 3 is 2.42 bits per heavy atom. The molecule has 0 saturated carbocycles. The summed E-state index contributed by atoms with van der Waals surface area (Å²) >= 11 is 6.75. The average molecular weight is 424 g/mol. The van der Waals surface area contributed by atoms with Crippen LogP contribution in [0.25, 0.3) is 0 Å². The zero-order valence-electron chi connectivity index (χ0n) is 12.7. The van der Waals surface area contributed by atoms with Gasteiger partial charge in [0.1, 0.15) is 11.7 Å². The van der Waals surface area contributed by atoms with Crippen LogP contribution in [0.15, 0.2) is 18.3 Å². The Hall–Kier alpha value is -1.07. The van der Waals surface area contributed by atoms with E-state index in [9.17, 15) is 35.5 Å². The quantitative estimate of drug-likeness (QED) is 0.311. The molecule has 26 heavy (non-hydrogen) atoms.